The van der Waals surface area contributed by atoms with E-state index in [0.29, 0.717) is 24.1 Å². The lowest BCUT2D eigenvalue weighted by molar-refractivity contribution is 0.494. The van der Waals surface area contributed by atoms with Crippen LogP contribution in [-0.4, -0.2) is 48.2 Å². The van der Waals surface area contributed by atoms with Crippen LogP contribution in [0.1, 0.15) is 25.5 Å². The van der Waals surface area contributed by atoms with Gasteiger partial charge in [0.05, 0.1) is 34.3 Å². The zero-order chi connectivity index (χ0) is 23.2. The Morgan fingerprint density at radius 1 is 1.06 bits per heavy atom. The van der Waals surface area contributed by atoms with Gasteiger partial charge in [-0.1, -0.05) is 0 Å². The van der Waals surface area contributed by atoms with Gasteiger partial charge in [0.15, 0.2) is 0 Å². The molecule has 0 radical (unpaired) electrons. The Balaban J connectivity index is 1.48. The van der Waals surface area contributed by atoms with Crippen LogP contribution in [0.3, 0.4) is 0 Å². The highest BCUT2D eigenvalue weighted by Crippen LogP contribution is 2.25. The molecule has 0 aliphatic carbocycles. The quantitative estimate of drug-likeness (QED) is 0.416. The van der Waals surface area contributed by atoms with E-state index < -0.39 is 0 Å². The SMILES string of the molecule is CCn1c(N2CCCC(N)C2)nc2ccn(Cc3nc4cccnc4c4cccnc34)c(=O)c21. The first-order chi connectivity index (χ1) is 16.6. The van der Waals surface area contributed by atoms with E-state index in [1.165, 1.54) is 0 Å². The molecule has 6 rings (SSSR count). The number of hydrogen-bond acceptors (Lipinski definition) is 7. The monoisotopic (exact) mass is 454 g/mol. The van der Waals surface area contributed by atoms with Crippen molar-refractivity contribution in [2.45, 2.75) is 38.9 Å². The summed E-state index contributed by atoms with van der Waals surface area (Å²) in [6, 6.07) is 9.74. The molecule has 1 saturated heterocycles. The average Bonchev–Trinajstić information content (AvgIpc) is 3.25. The fourth-order valence-corrected chi connectivity index (χ4v) is 5.01. The van der Waals surface area contributed by atoms with E-state index in [1.807, 2.05) is 41.8 Å². The number of rotatable bonds is 4. The maximum Gasteiger partial charge on any atom is 0.277 e. The van der Waals surface area contributed by atoms with E-state index in [-0.39, 0.29) is 11.6 Å². The fourth-order valence-electron chi connectivity index (χ4n) is 5.01. The van der Waals surface area contributed by atoms with E-state index in [0.717, 1.165) is 59.5 Å². The van der Waals surface area contributed by atoms with Crippen molar-refractivity contribution < 1.29 is 0 Å². The highest BCUT2D eigenvalue weighted by molar-refractivity contribution is 6.02. The molecular formula is C25H26N8O. The maximum absolute atomic E-state index is 13.7. The first-order valence-corrected chi connectivity index (χ1v) is 11.7. The van der Waals surface area contributed by atoms with Crippen molar-refractivity contribution in [3.05, 3.63) is 65.0 Å². The van der Waals surface area contributed by atoms with Crippen molar-refractivity contribution in [3.63, 3.8) is 0 Å². The predicted octanol–water partition coefficient (Wildman–Crippen LogP) is 2.69. The van der Waals surface area contributed by atoms with E-state index in [9.17, 15) is 4.79 Å². The van der Waals surface area contributed by atoms with Crippen LogP contribution in [0.2, 0.25) is 0 Å². The third-order valence-corrected chi connectivity index (χ3v) is 6.61. The van der Waals surface area contributed by atoms with Crippen LogP contribution >= 0.6 is 0 Å². The minimum atomic E-state index is -0.0865. The third-order valence-electron chi connectivity index (χ3n) is 6.61. The Labute approximate surface area is 195 Å². The highest BCUT2D eigenvalue weighted by Gasteiger charge is 2.24. The smallest absolute Gasteiger partial charge is 0.277 e. The first kappa shape index (κ1) is 20.7. The summed E-state index contributed by atoms with van der Waals surface area (Å²) in [7, 11) is 0. The van der Waals surface area contributed by atoms with Gasteiger partial charge in [-0.15, -0.1) is 0 Å². The molecule has 1 fully saturated rings. The molecule has 1 aliphatic rings. The van der Waals surface area contributed by atoms with Gasteiger partial charge in [-0.05, 0) is 50.1 Å². The zero-order valence-electron chi connectivity index (χ0n) is 19.1. The van der Waals surface area contributed by atoms with Gasteiger partial charge < -0.3 is 19.8 Å². The molecule has 0 amide bonds. The molecule has 5 aromatic heterocycles. The Kier molecular flexibility index (Phi) is 4.99. The number of fused-ring (bicyclic) bond motifs is 4. The summed E-state index contributed by atoms with van der Waals surface area (Å²) in [6.45, 7) is 4.66. The van der Waals surface area contributed by atoms with Gasteiger partial charge in [0.25, 0.3) is 5.56 Å². The van der Waals surface area contributed by atoms with Crippen LogP contribution in [0.15, 0.2) is 53.7 Å². The standard InChI is InChI=1S/C25H26N8O/c1-2-33-23-19(30-25(33)32-12-5-6-16(26)14-32)9-13-31(24(23)34)15-20-22-17(7-3-10-28-22)21-18(29-20)8-4-11-27-21/h3-4,7-11,13,16H,2,5-6,12,14-15,26H2,1H3. The fraction of sp³-hybridized carbons (Fsp3) is 0.320. The van der Waals surface area contributed by atoms with Crippen molar-refractivity contribution in [1.82, 2.24) is 29.1 Å². The molecule has 6 heterocycles. The molecule has 5 aromatic rings. The molecule has 9 heteroatoms. The van der Waals surface area contributed by atoms with Crippen molar-refractivity contribution in [3.8, 4) is 0 Å². The second kappa shape index (κ2) is 8.18. The van der Waals surface area contributed by atoms with Gasteiger partial charge >= 0.3 is 0 Å². The zero-order valence-corrected chi connectivity index (χ0v) is 19.1. The molecule has 34 heavy (non-hydrogen) atoms. The summed E-state index contributed by atoms with van der Waals surface area (Å²) in [5.41, 5.74) is 10.5. The van der Waals surface area contributed by atoms with E-state index in [4.69, 9.17) is 15.7 Å². The number of piperidine rings is 1. The van der Waals surface area contributed by atoms with Crippen molar-refractivity contribution in [1.29, 1.82) is 0 Å². The Hall–Kier alpha value is -3.85. The number of nitrogens with zero attached hydrogens (tertiary/aromatic N) is 7. The molecule has 1 atom stereocenters. The number of aromatic nitrogens is 6. The molecule has 2 N–H and O–H groups in total. The summed E-state index contributed by atoms with van der Waals surface area (Å²) in [6.07, 6.45) is 7.35. The second-order valence-corrected chi connectivity index (χ2v) is 8.82. The Bertz CT molecular complexity index is 1590. The second-order valence-electron chi connectivity index (χ2n) is 8.82. The molecule has 0 aromatic carbocycles. The predicted molar refractivity (Wildman–Crippen MR) is 133 cm³/mol. The van der Waals surface area contributed by atoms with Crippen LogP contribution in [0.4, 0.5) is 5.95 Å². The van der Waals surface area contributed by atoms with Gasteiger partial charge in [-0.25, -0.2) is 9.97 Å². The Morgan fingerprint density at radius 3 is 2.71 bits per heavy atom. The summed E-state index contributed by atoms with van der Waals surface area (Å²) in [5.74, 6) is 0.824. The number of hydrogen-bond donors (Lipinski definition) is 1. The van der Waals surface area contributed by atoms with Crippen molar-refractivity contribution in [2.75, 3.05) is 18.0 Å². The Morgan fingerprint density at radius 2 is 1.88 bits per heavy atom. The summed E-state index contributed by atoms with van der Waals surface area (Å²) < 4.78 is 3.71. The van der Waals surface area contributed by atoms with Gasteiger partial charge in [0, 0.05) is 49.7 Å². The van der Waals surface area contributed by atoms with E-state index >= 15 is 0 Å². The number of anilines is 1. The van der Waals surface area contributed by atoms with Gasteiger partial charge in [-0.2, -0.15) is 0 Å². The molecule has 1 aliphatic heterocycles. The molecule has 1 unspecified atom stereocenters. The largest absolute Gasteiger partial charge is 0.341 e. The van der Waals surface area contributed by atoms with Crippen molar-refractivity contribution >= 4 is 38.9 Å². The van der Waals surface area contributed by atoms with E-state index in [1.54, 1.807) is 23.2 Å². The van der Waals surface area contributed by atoms with Gasteiger partial charge in [0.1, 0.15) is 5.52 Å². The summed E-state index contributed by atoms with van der Waals surface area (Å²) >= 11 is 0. The maximum atomic E-state index is 13.7. The van der Waals surface area contributed by atoms with Crippen LogP contribution in [0.5, 0.6) is 0 Å². The van der Waals surface area contributed by atoms with Crippen LogP contribution in [0.25, 0.3) is 33.0 Å². The summed E-state index contributed by atoms with van der Waals surface area (Å²) in [4.78, 5) is 34.6. The molecule has 0 saturated carbocycles. The minimum Gasteiger partial charge on any atom is -0.341 e. The van der Waals surface area contributed by atoms with Gasteiger partial charge in [-0.3, -0.25) is 14.8 Å². The lowest BCUT2D eigenvalue weighted by Crippen LogP contribution is -2.44. The molecule has 9 nitrogen and oxygen atoms in total. The number of nitrogens with two attached hydrogens (primary N) is 1. The summed E-state index contributed by atoms with van der Waals surface area (Å²) in [5, 5.41) is 0.930. The third kappa shape index (κ3) is 3.31. The lowest BCUT2D eigenvalue weighted by atomic mass is 10.1. The normalized spacial score (nSPS) is 16.6. The molecule has 0 bridgehead atoms. The topological polar surface area (TPSA) is 108 Å². The van der Waals surface area contributed by atoms with Crippen molar-refractivity contribution in [2.24, 2.45) is 5.73 Å². The number of aryl methyl sites for hydroxylation is 1. The highest BCUT2D eigenvalue weighted by atomic mass is 16.1. The number of imidazole rings is 1. The molecule has 172 valence electrons. The first-order valence-electron chi connectivity index (χ1n) is 11.7. The number of pyridine rings is 4. The molecular weight excluding hydrogens is 428 g/mol. The van der Waals surface area contributed by atoms with Crippen LogP contribution < -0.4 is 16.2 Å². The lowest BCUT2D eigenvalue weighted by Gasteiger charge is -2.31. The van der Waals surface area contributed by atoms with Crippen LogP contribution in [0, 0.1) is 0 Å². The minimum absolute atomic E-state index is 0.0865. The molecule has 0 spiro atoms. The average molecular weight is 455 g/mol. The van der Waals surface area contributed by atoms with E-state index in [2.05, 4.69) is 14.9 Å². The van der Waals surface area contributed by atoms with Crippen LogP contribution in [-0.2, 0) is 13.1 Å². The van der Waals surface area contributed by atoms with Gasteiger partial charge in [0.2, 0.25) is 5.95 Å².